The number of urea groups is 1. The van der Waals surface area contributed by atoms with Crippen LogP contribution in [-0.4, -0.2) is 31.4 Å². The van der Waals surface area contributed by atoms with Gasteiger partial charge in [-0.1, -0.05) is 6.58 Å². The molecule has 0 fully saturated rings. The number of nitrogens with one attached hydrogen (secondary N) is 4. The lowest BCUT2D eigenvalue weighted by atomic mass is 10.2. The Morgan fingerprint density at radius 3 is 2.64 bits per heavy atom. The van der Waals surface area contributed by atoms with Crippen LogP contribution in [0.1, 0.15) is 6.42 Å². The van der Waals surface area contributed by atoms with Crippen LogP contribution in [0.2, 0.25) is 0 Å². The molecule has 1 aromatic rings. The summed E-state index contributed by atoms with van der Waals surface area (Å²) in [4.78, 5) is 33.8. The first-order valence-corrected chi connectivity index (χ1v) is 6.44. The molecule has 0 unspecified atom stereocenters. The fraction of sp³-hybridized carbons (Fsp3) is 0.214. The summed E-state index contributed by atoms with van der Waals surface area (Å²) in [5.41, 5.74) is 0.261. The van der Waals surface area contributed by atoms with E-state index in [1.807, 2.05) is 0 Å². The predicted molar refractivity (Wildman–Crippen MR) is 80.9 cm³/mol. The molecule has 22 heavy (non-hydrogen) atoms. The van der Waals surface area contributed by atoms with E-state index in [4.69, 9.17) is 0 Å². The molecule has 0 radical (unpaired) electrons. The standard InChI is InChI=1S/C14H17FN4O3/c1-3-12(20)19-11-8-9(4-5-10(11)15)18-13(21)6-7-17-14(22)16-2/h3-5,8H,1,6-7H2,2H3,(H,18,21)(H,19,20)(H2,16,17,22). The highest BCUT2D eigenvalue weighted by atomic mass is 19.1. The molecule has 8 heteroatoms. The van der Waals surface area contributed by atoms with Crippen molar-refractivity contribution in [1.29, 1.82) is 0 Å². The number of halogens is 1. The van der Waals surface area contributed by atoms with Crippen molar-refractivity contribution in [2.75, 3.05) is 24.2 Å². The van der Waals surface area contributed by atoms with E-state index in [9.17, 15) is 18.8 Å². The van der Waals surface area contributed by atoms with E-state index in [-0.39, 0.29) is 30.6 Å². The molecule has 0 aliphatic heterocycles. The van der Waals surface area contributed by atoms with Gasteiger partial charge in [0.1, 0.15) is 5.82 Å². The van der Waals surface area contributed by atoms with Crippen molar-refractivity contribution < 1.29 is 18.8 Å². The van der Waals surface area contributed by atoms with Gasteiger partial charge in [-0.25, -0.2) is 9.18 Å². The number of benzene rings is 1. The predicted octanol–water partition coefficient (Wildman–Crippen LogP) is 1.21. The Balaban J connectivity index is 2.60. The van der Waals surface area contributed by atoms with Crippen molar-refractivity contribution in [3.05, 3.63) is 36.7 Å². The van der Waals surface area contributed by atoms with Crippen molar-refractivity contribution in [1.82, 2.24) is 10.6 Å². The van der Waals surface area contributed by atoms with Crippen LogP contribution in [0.5, 0.6) is 0 Å². The Bertz CT molecular complexity index is 589. The number of carbonyl (C=O) groups excluding carboxylic acids is 3. The second-order valence-electron chi connectivity index (χ2n) is 4.19. The number of carbonyl (C=O) groups is 3. The zero-order valence-electron chi connectivity index (χ0n) is 12.0. The van der Waals surface area contributed by atoms with E-state index in [1.54, 1.807) is 0 Å². The van der Waals surface area contributed by atoms with Gasteiger partial charge in [-0.2, -0.15) is 0 Å². The summed E-state index contributed by atoms with van der Waals surface area (Å²) >= 11 is 0. The van der Waals surface area contributed by atoms with Crippen LogP contribution in [0.15, 0.2) is 30.9 Å². The van der Waals surface area contributed by atoms with E-state index < -0.39 is 11.7 Å². The van der Waals surface area contributed by atoms with E-state index in [2.05, 4.69) is 27.8 Å². The molecule has 0 aromatic heterocycles. The van der Waals surface area contributed by atoms with Crippen LogP contribution < -0.4 is 21.3 Å². The Morgan fingerprint density at radius 2 is 2.00 bits per heavy atom. The molecule has 0 saturated heterocycles. The van der Waals surface area contributed by atoms with Gasteiger partial charge in [0.25, 0.3) is 0 Å². The first kappa shape index (κ1) is 17.2. The molecule has 0 aliphatic carbocycles. The van der Waals surface area contributed by atoms with Crippen molar-refractivity contribution in [3.63, 3.8) is 0 Å². The van der Waals surface area contributed by atoms with Crippen LogP contribution in [-0.2, 0) is 9.59 Å². The quantitative estimate of drug-likeness (QED) is 0.594. The lowest BCUT2D eigenvalue weighted by Crippen LogP contribution is -2.34. The third kappa shape index (κ3) is 5.61. The molecular weight excluding hydrogens is 291 g/mol. The van der Waals surface area contributed by atoms with E-state index in [0.29, 0.717) is 5.69 Å². The van der Waals surface area contributed by atoms with Crippen molar-refractivity contribution >= 4 is 29.2 Å². The van der Waals surface area contributed by atoms with E-state index in [1.165, 1.54) is 19.2 Å². The van der Waals surface area contributed by atoms with Gasteiger partial charge >= 0.3 is 6.03 Å². The zero-order chi connectivity index (χ0) is 16.5. The molecule has 0 bridgehead atoms. The molecule has 0 atom stereocenters. The minimum atomic E-state index is -0.630. The Kier molecular flexibility index (Phi) is 6.55. The summed E-state index contributed by atoms with van der Waals surface area (Å²) < 4.78 is 13.5. The van der Waals surface area contributed by atoms with Gasteiger partial charge in [-0.3, -0.25) is 9.59 Å². The van der Waals surface area contributed by atoms with Crippen LogP contribution in [0.4, 0.5) is 20.6 Å². The van der Waals surface area contributed by atoms with Crippen molar-refractivity contribution in [3.8, 4) is 0 Å². The largest absolute Gasteiger partial charge is 0.341 e. The van der Waals surface area contributed by atoms with Gasteiger partial charge < -0.3 is 21.3 Å². The number of hydrogen-bond acceptors (Lipinski definition) is 3. The highest BCUT2D eigenvalue weighted by molar-refractivity contribution is 5.99. The van der Waals surface area contributed by atoms with Gasteiger partial charge in [0.05, 0.1) is 5.69 Å². The minimum Gasteiger partial charge on any atom is -0.341 e. The average molecular weight is 308 g/mol. The number of rotatable bonds is 6. The summed E-state index contributed by atoms with van der Waals surface area (Å²) in [6.07, 6.45) is 1.06. The maximum atomic E-state index is 13.5. The fourth-order valence-electron chi connectivity index (χ4n) is 1.48. The molecular formula is C14H17FN4O3. The van der Waals surface area contributed by atoms with Gasteiger partial charge in [0.2, 0.25) is 11.8 Å². The number of anilines is 2. The van der Waals surface area contributed by atoms with Gasteiger partial charge in [-0.15, -0.1) is 0 Å². The number of hydrogen-bond donors (Lipinski definition) is 4. The van der Waals surface area contributed by atoms with Gasteiger partial charge in [0.15, 0.2) is 0 Å². The molecule has 4 N–H and O–H groups in total. The summed E-state index contributed by atoms with van der Waals surface area (Å²) in [6.45, 7) is 3.43. The first-order valence-electron chi connectivity index (χ1n) is 6.44. The van der Waals surface area contributed by atoms with Gasteiger partial charge in [-0.05, 0) is 24.3 Å². The smallest absolute Gasteiger partial charge is 0.314 e. The summed E-state index contributed by atoms with van der Waals surface area (Å²) in [5.74, 6) is -1.55. The summed E-state index contributed by atoms with van der Waals surface area (Å²) in [7, 11) is 1.47. The van der Waals surface area contributed by atoms with E-state index in [0.717, 1.165) is 12.1 Å². The van der Waals surface area contributed by atoms with Crippen LogP contribution in [0, 0.1) is 5.82 Å². The second-order valence-corrected chi connectivity index (χ2v) is 4.19. The minimum absolute atomic E-state index is 0.0547. The van der Waals surface area contributed by atoms with E-state index >= 15 is 0 Å². The normalized spacial score (nSPS) is 9.55. The fourth-order valence-corrected chi connectivity index (χ4v) is 1.48. The molecule has 0 heterocycles. The molecule has 118 valence electrons. The molecule has 0 spiro atoms. The van der Waals surface area contributed by atoms with Crippen LogP contribution in [0.3, 0.4) is 0 Å². The third-order valence-corrected chi connectivity index (χ3v) is 2.56. The summed E-state index contributed by atoms with van der Waals surface area (Å²) in [5, 5.41) is 9.65. The van der Waals surface area contributed by atoms with Crippen LogP contribution >= 0.6 is 0 Å². The topological polar surface area (TPSA) is 99.3 Å². The van der Waals surface area contributed by atoms with Gasteiger partial charge in [0, 0.05) is 25.7 Å². The zero-order valence-corrected chi connectivity index (χ0v) is 12.0. The molecule has 0 saturated carbocycles. The highest BCUT2D eigenvalue weighted by Gasteiger charge is 2.08. The Hall–Kier alpha value is -2.90. The van der Waals surface area contributed by atoms with Crippen molar-refractivity contribution in [2.24, 2.45) is 0 Å². The molecule has 0 aliphatic rings. The number of amides is 4. The molecule has 7 nitrogen and oxygen atoms in total. The maximum Gasteiger partial charge on any atom is 0.314 e. The van der Waals surface area contributed by atoms with Crippen molar-refractivity contribution in [2.45, 2.75) is 6.42 Å². The SMILES string of the molecule is C=CC(=O)Nc1cc(NC(=O)CCNC(=O)NC)ccc1F. The lowest BCUT2D eigenvalue weighted by molar-refractivity contribution is -0.116. The highest BCUT2D eigenvalue weighted by Crippen LogP contribution is 2.19. The second kappa shape index (κ2) is 8.40. The molecule has 1 aromatic carbocycles. The Labute approximate surface area is 127 Å². The molecule has 1 rings (SSSR count). The first-order chi connectivity index (χ1) is 10.5. The monoisotopic (exact) mass is 308 g/mol. The lowest BCUT2D eigenvalue weighted by Gasteiger charge is -2.09. The maximum absolute atomic E-state index is 13.5. The van der Waals surface area contributed by atoms with Crippen LogP contribution in [0.25, 0.3) is 0 Å². The average Bonchev–Trinajstić information content (AvgIpc) is 2.50. The third-order valence-electron chi connectivity index (χ3n) is 2.56. The summed E-state index contributed by atoms with van der Waals surface area (Å²) in [6, 6.07) is 3.39. The molecule has 4 amide bonds. The Morgan fingerprint density at radius 1 is 1.27 bits per heavy atom.